The highest BCUT2D eigenvalue weighted by Crippen LogP contribution is 2.20. The molecule has 0 radical (unpaired) electrons. The molecule has 0 atom stereocenters. The number of nitrogens with one attached hydrogen (secondary N) is 2. The topological polar surface area (TPSA) is 129 Å². The summed E-state index contributed by atoms with van der Waals surface area (Å²) in [6, 6.07) is 0. The Morgan fingerprint density at radius 3 is 1.96 bits per heavy atom. The number of rotatable bonds is 13. The molecule has 0 heterocycles. The molecule has 4 N–H and O–H groups in total. The van der Waals surface area contributed by atoms with Gasteiger partial charge >= 0.3 is 12.2 Å². The molecule has 0 aromatic rings. The number of aliphatic hydroxyl groups excluding tert-OH is 2. The monoisotopic (exact) mass is 375 g/mol. The number of ether oxygens (including phenoxy) is 1. The van der Waals surface area contributed by atoms with Crippen molar-refractivity contribution in [3.8, 4) is 0 Å². The summed E-state index contributed by atoms with van der Waals surface area (Å²) in [5.74, 6) is 0. The van der Waals surface area contributed by atoms with Gasteiger partial charge in [-0.25, -0.2) is 9.59 Å². The molecule has 2 amide bonds. The largest absolute Gasteiger partial charge is 0.449 e. The second-order valence-electron chi connectivity index (χ2n) is 6.43. The van der Waals surface area contributed by atoms with E-state index in [1.54, 1.807) is 13.8 Å². The van der Waals surface area contributed by atoms with E-state index in [9.17, 15) is 19.8 Å². The highest BCUT2D eigenvalue weighted by molar-refractivity contribution is 5.79. The molecule has 0 aliphatic heterocycles. The van der Waals surface area contributed by atoms with Crippen LogP contribution < -0.4 is 10.6 Å². The number of carbonyl (C=O) groups excluding carboxylic acids is 2. The van der Waals surface area contributed by atoms with Gasteiger partial charge in [0.2, 0.25) is 0 Å². The molecule has 26 heavy (non-hydrogen) atoms. The molecule has 0 bridgehead atoms. The van der Waals surface area contributed by atoms with Crippen molar-refractivity contribution >= 4 is 17.9 Å². The first-order valence-corrected chi connectivity index (χ1v) is 8.97. The van der Waals surface area contributed by atoms with Crippen molar-refractivity contribution in [3.63, 3.8) is 0 Å². The predicted molar refractivity (Wildman–Crippen MR) is 98.0 cm³/mol. The molecule has 152 valence electrons. The number of aliphatic hydroxyl groups is 2. The molecule has 0 rings (SSSR count). The van der Waals surface area contributed by atoms with E-state index in [0.717, 1.165) is 25.7 Å². The first kappa shape index (κ1) is 24.1. The Labute approximate surface area is 155 Å². The molecular formula is C17H33N3O6. The van der Waals surface area contributed by atoms with Gasteiger partial charge in [0.05, 0.1) is 24.3 Å². The summed E-state index contributed by atoms with van der Waals surface area (Å²) in [7, 11) is 0. The third kappa shape index (κ3) is 11.6. The number of alkyl carbamates (subject to hydrolysis) is 1. The van der Waals surface area contributed by atoms with Crippen LogP contribution in [0, 0.1) is 5.41 Å². The number of carbonyl (C=O) groups is 2. The van der Waals surface area contributed by atoms with Crippen molar-refractivity contribution in [2.45, 2.75) is 52.9 Å². The molecule has 9 nitrogen and oxygen atoms in total. The van der Waals surface area contributed by atoms with Gasteiger partial charge in [-0.15, -0.1) is 0 Å². The summed E-state index contributed by atoms with van der Waals surface area (Å²) in [5, 5.41) is 27.3. The molecule has 0 aromatic carbocycles. The quantitative estimate of drug-likeness (QED) is 0.168. The van der Waals surface area contributed by atoms with Crippen LogP contribution in [0.5, 0.6) is 0 Å². The van der Waals surface area contributed by atoms with E-state index < -0.39 is 17.6 Å². The third-order valence-corrected chi connectivity index (χ3v) is 3.88. The van der Waals surface area contributed by atoms with Crippen molar-refractivity contribution in [2.24, 2.45) is 10.6 Å². The van der Waals surface area contributed by atoms with Gasteiger partial charge in [-0.05, 0) is 33.1 Å². The number of nitrogens with zero attached hydrogens (tertiary/aromatic N) is 1. The Bertz CT molecular complexity index is 426. The normalized spacial score (nSPS) is 10.8. The minimum absolute atomic E-state index is 0.0221. The van der Waals surface area contributed by atoms with E-state index in [4.69, 9.17) is 4.74 Å². The Kier molecular flexibility index (Phi) is 13.3. The molecule has 0 spiro atoms. The summed E-state index contributed by atoms with van der Waals surface area (Å²) in [5.41, 5.74) is -0.119. The number of oxime groups is 1. The fourth-order valence-corrected chi connectivity index (χ4v) is 1.89. The molecule has 0 aliphatic carbocycles. The van der Waals surface area contributed by atoms with Gasteiger partial charge in [-0.2, -0.15) is 0 Å². The van der Waals surface area contributed by atoms with Crippen LogP contribution in [0.2, 0.25) is 0 Å². The molecule has 9 heteroatoms. The van der Waals surface area contributed by atoms with Crippen LogP contribution in [0.1, 0.15) is 52.9 Å². The standard InChI is InChI=1S/C17H33N3O6/c1-4-17(11-21,12-22)13-25-15(23)18-9-7-5-6-8-10-19-16(24)26-20-14(2)3/h21-22H,4-13H2,1-3H3,(H,18,23)(H,19,24). The second-order valence-corrected chi connectivity index (χ2v) is 6.43. The van der Waals surface area contributed by atoms with Crippen molar-refractivity contribution in [3.05, 3.63) is 0 Å². The lowest BCUT2D eigenvalue weighted by molar-refractivity contribution is -0.00514. The Balaban J connectivity index is 3.62. The molecular weight excluding hydrogens is 342 g/mol. The lowest BCUT2D eigenvalue weighted by atomic mass is 9.88. The molecule has 0 saturated heterocycles. The maximum atomic E-state index is 11.6. The maximum Gasteiger partial charge on any atom is 0.433 e. The number of hydrogen-bond donors (Lipinski definition) is 4. The summed E-state index contributed by atoms with van der Waals surface area (Å²) >= 11 is 0. The van der Waals surface area contributed by atoms with Crippen molar-refractivity contribution in [1.29, 1.82) is 0 Å². The second kappa shape index (κ2) is 14.3. The smallest absolute Gasteiger partial charge is 0.433 e. The Morgan fingerprint density at radius 2 is 1.50 bits per heavy atom. The average Bonchev–Trinajstić information content (AvgIpc) is 2.63. The fourth-order valence-electron chi connectivity index (χ4n) is 1.89. The van der Waals surface area contributed by atoms with Crippen molar-refractivity contribution < 1.29 is 29.4 Å². The van der Waals surface area contributed by atoms with Gasteiger partial charge in [-0.3, -0.25) is 4.84 Å². The van der Waals surface area contributed by atoms with Gasteiger partial charge in [-0.1, -0.05) is 24.9 Å². The lowest BCUT2D eigenvalue weighted by Crippen LogP contribution is -2.37. The number of amides is 2. The zero-order valence-electron chi connectivity index (χ0n) is 16.0. The minimum Gasteiger partial charge on any atom is -0.449 e. The molecule has 0 aliphatic rings. The number of unbranched alkanes of at least 4 members (excludes halogenated alkanes) is 3. The van der Waals surface area contributed by atoms with Crippen LogP contribution in [-0.2, 0) is 9.57 Å². The summed E-state index contributed by atoms with van der Waals surface area (Å²) in [6.45, 7) is 5.78. The molecule has 0 saturated carbocycles. The zero-order valence-corrected chi connectivity index (χ0v) is 16.0. The maximum absolute atomic E-state index is 11.6. The summed E-state index contributed by atoms with van der Waals surface area (Å²) < 4.78 is 5.05. The summed E-state index contributed by atoms with van der Waals surface area (Å²) in [4.78, 5) is 27.4. The highest BCUT2D eigenvalue weighted by Gasteiger charge is 2.28. The van der Waals surface area contributed by atoms with E-state index in [-0.39, 0.29) is 19.8 Å². The Morgan fingerprint density at radius 1 is 0.962 bits per heavy atom. The third-order valence-electron chi connectivity index (χ3n) is 3.88. The van der Waals surface area contributed by atoms with Gasteiger partial charge < -0.3 is 25.6 Å². The minimum atomic E-state index is -0.785. The van der Waals surface area contributed by atoms with Crippen LogP contribution >= 0.6 is 0 Å². The first-order chi connectivity index (χ1) is 12.4. The van der Waals surface area contributed by atoms with Gasteiger partial charge in [0.15, 0.2) is 0 Å². The fraction of sp³-hybridized carbons (Fsp3) is 0.824. The summed E-state index contributed by atoms with van der Waals surface area (Å²) in [6.07, 6.45) is 2.79. The van der Waals surface area contributed by atoms with Crippen LogP contribution in [-0.4, -0.2) is 61.0 Å². The van der Waals surface area contributed by atoms with Crippen LogP contribution in [0.4, 0.5) is 9.59 Å². The predicted octanol–water partition coefficient (Wildman–Crippen LogP) is 1.78. The molecule has 0 aromatic heterocycles. The van der Waals surface area contributed by atoms with Gasteiger partial charge in [0.25, 0.3) is 0 Å². The van der Waals surface area contributed by atoms with E-state index >= 15 is 0 Å². The van der Waals surface area contributed by atoms with Crippen molar-refractivity contribution in [1.82, 2.24) is 10.6 Å². The highest BCUT2D eigenvalue weighted by atomic mass is 16.7. The van der Waals surface area contributed by atoms with Crippen LogP contribution in [0.3, 0.4) is 0 Å². The van der Waals surface area contributed by atoms with Crippen LogP contribution in [0.15, 0.2) is 5.16 Å². The lowest BCUT2D eigenvalue weighted by Gasteiger charge is -2.27. The average molecular weight is 375 g/mol. The van der Waals surface area contributed by atoms with Gasteiger partial charge in [0.1, 0.15) is 6.61 Å². The van der Waals surface area contributed by atoms with Crippen molar-refractivity contribution in [2.75, 3.05) is 32.9 Å². The SMILES string of the molecule is CCC(CO)(CO)COC(=O)NCCCCCCNC(=O)ON=C(C)C. The van der Waals surface area contributed by atoms with Crippen LogP contribution in [0.25, 0.3) is 0 Å². The van der Waals surface area contributed by atoms with E-state index in [0.29, 0.717) is 25.2 Å². The van der Waals surface area contributed by atoms with E-state index in [1.165, 1.54) is 0 Å². The van der Waals surface area contributed by atoms with E-state index in [1.807, 2.05) is 6.92 Å². The van der Waals surface area contributed by atoms with E-state index in [2.05, 4.69) is 20.6 Å². The Hall–Kier alpha value is -1.87. The van der Waals surface area contributed by atoms with Gasteiger partial charge in [0, 0.05) is 13.1 Å². The first-order valence-electron chi connectivity index (χ1n) is 8.97. The zero-order chi connectivity index (χ0) is 19.8. The number of hydrogen-bond acceptors (Lipinski definition) is 7. The molecule has 0 unspecified atom stereocenters. The molecule has 0 fully saturated rings.